The van der Waals surface area contributed by atoms with Crippen LogP contribution >= 0.6 is 0 Å². The molecule has 3 rings (SSSR count). The predicted octanol–water partition coefficient (Wildman–Crippen LogP) is 4.82. The summed E-state index contributed by atoms with van der Waals surface area (Å²) in [7, 11) is -3.97. The average Bonchev–Trinajstić information content (AvgIpc) is 2.72. The minimum Gasteiger partial charge on any atom is -0.480 e. The molecule has 0 saturated carbocycles. The fourth-order valence-corrected chi connectivity index (χ4v) is 6.61. The van der Waals surface area contributed by atoms with E-state index < -0.39 is 27.4 Å². The van der Waals surface area contributed by atoms with E-state index in [2.05, 4.69) is 0 Å². The third kappa shape index (κ3) is 3.91. The predicted molar refractivity (Wildman–Crippen MR) is 118 cm³/mol. The molecule has 0 radical (unpaired) electrons. The number of hydrogen-bond acceptors (Lipinski definition) is 3. The van der Waals surface area contributed by atoms with E-state index in [1.165, 1.54) is 4.31 Å². The van der Waals surface area contributed by atoms with Crippen molar-refractivity contribution in [1.29, 1.82) is 0 Å². The van der Waals surface area contributed by atoms with Gasteiger partial charge in [0.1, 0.15) is 5.54 Å². The van der Waals surface area contributed by atoms with Crippen LogP contribution in [0.5, 0.6) is 0 Å². The van der Waals surface area contributed by atoms with Gasteiger partial charge in [0.05, 0.1) is 4.90 Å². The highest BCUT2D eigenvalue weighted by molar-refractivity contribution is 7.89. The second kappa shape index (κ2) is 8.90. The van der Waals surface area contributed by atoms with Crippen molar-refractivity contribution in [2.45, 2.75) is 62.8 Å². The number of carboxylic acids is 1. The number of carbonyl (C=O) groups is 1. The van der Waals surface area contributed by atoms with Crippen LogP contribution in [0.3, 0.4) is 0 Å². The summed E-state index contributed by atoms with van der Waals surface area (Å²) in [4.78, 5) is 13.1. The highest BCUT2D eigenvalue weighted by Gasteiger charge is 2.58. The fraction of sp³-hybridized carbons (Fsp3) is 0.458. The van der Waals surface area contributed by atoms with Gasteiger partial charge in [-0.3, -0.25) is 4.79 Å². The Morgan fingerprint density at radius 3 is 2.33 bits per heavy atom. The molecule has 1 saturated heterocycles. The van der Waals surface area contributed by atoms with Gasteiger partial charge in [-0.15, -0.1) is 0 Å². The molecule has 1 heterocycles. The first kappa shape index (κ1) is 22.5. The second-order valence-electron chi connectivity index (χ2n) is 8.38. The first-order chi connectivity index (χ1) is 14.2. The topological polar surface area (TPSA) is 74.7 Å². The fourth-order valence-electron chi connectivity index (χ4n) is 4.82. The standard InChI is InChI=1S/C24H31NO4S/c1-4-5-16-24(23(26)27)22(20-9-7-6-8-10-20)19(3)15-17-25(24)30(28,29)21-13-11-18(2)12-14-21/h6-14,19,22H,4-5,15-17H2,1-3H3,(H,26,27). The molecule has 3 unspecified atom stereocenters. The zero-order valence-electron chi connectivity index (χ0n) is 17.9. The lowest BCUT2D eigenvalue weighted by Crippen LogP contribution is -2.64. The highest BCUT2D eigenvalue weighted by atomic mass is 32.2. The number of aliphatic carboxylic acids is 1. The maximum Gasteiger partial charge on any atom is 0.325 e. The highest BCUT2D eigenvalue weighted by Crippen LogP contribution is 2.49. The maximum atomic E-state index is 13.7. The molecular formula is C24H31NO4S. The van der Waals surface area contributed by atoms with Crippen LogP contribution in [0, 0.1) is 12.8 Å². The molecule has 30 heavy (non-hydrogen) atoms. The Labute approximate surface area is 179 Å². The molecule has 0 spiro atoms. The number of hydrogen-bond donors (Lipinski definition) is 1. The van der Waals surface area contributed by atoms with Crippen LogP contribution in [-0.4, -0.2) is 35.9 Å². The quantitative estimate of drug-likeness (QED) is 0.684. The normalized spacial score (nSPS) is 25.2. The first-order valence-corrected chi connectivity index (χ1v) is 12.1. The minimum absolute atomic E-state index is 0.0461. The second-order valence-corrected chi connectivity index (χ2v) is 10.2. The number of carboxylic acid groups (broad SMARTS) is 1. The van der Waals surface area contributed by atoms with Gasteiger partial charge >= 0.3 is 5.97 Å². The molecule has 2 aromatic carbocycles. The van der Waals surface area contributed by atoms with Crippen molar-refractivity contribution in [2.75, 3.05) is 6.54 Å². The first-order valence-electron chi connectivity index (χ1n) is 10.6. The van der Waals surface area contributed by atoms with Crippen molar-refractivity contribution >= 4 is 16.0 Å². The Morgan fingerprint density at radius 1 is 1.13 bits per heavy atom. The van der Waals surface area contributed by atoms with Crippen molar-refractivity contribution < 1.29 is 18.3 Å². The van der Waals surface area contributed by atoms with E-state index in [1.807, 2.05) is 51.1 Å². The summed E-state index contributed by atoms with van der Waals surface area (Å²) in [5.41, 5.74) is 0.324. The van der Waals surface area contributed by atoms with E-state index in [-0.39, 0.29) is 23.8 Å². The van der Waals surface area contributed by atoms with Crippen LogP contribution in [0.15, 0.2) is 59.5 Å². The van der Waals surface area contributed by atoms with Crippen LogP contribution in [0.25, 0.3) is 0 Å². The van der Waals surface area contributed by atoms with Gasteiger partial charge in [-0.25, -0.2) is 8.42 Å². The van der Waals surface area contributed by atoms with Crippen molar-refractivity contribution in [3.63, 3.8) is 0 Å². The average molecular weight is 430 g/mol. The molecule has 5 nitrogen and oxygen atoms in total. The SMILES string of the molecule is CCCCC1(C(=O)O)C(c2ccccc2)C(C)CCN1S(=O)(=O)c1ccc(C)cc1. The molecular weight excluding hydrogens is 398 g/mol. The van der Waals surface area contributed by atoms with Gasteiger partial charge in [0.15, 0.2) is 0 Å². The largest absolute Gasteiger partial charge is 0.480 e. The van der Waals surface area contributed by atoms with E-state index in [0.29, 0.717) is 12.8 Å². The van der Waals surface area contributed by atoms with E-state index in [1.54, 1.807) is 24.3 Å². The molecule has 1 fully saturated rings. The lowest BCUT2D eigenvalue weighted by Gasteiger charge is -2.51. The van der Waals surface area contributed by atoms with Crippen LogP contribution < -0.4 is 0 Å². The van der Waals surface area contributed by atoms with Gasteiger partial charge in [0, 0.05) is 12.5 Å². The van der Waals surface area contributed by atoms with Gasteiger partial charge in [-0.05, 0) is 43.4 Å². The molecule has 0 aliphatic carbocycles. The molecule has 2 aromatic rings. The number of rotatable bonds is 7. The van der Waals surface area contributed by atoms with Gasteiger partial charge in [0.25, 0.3) is 0 Å². The zero-order valence-corrected chi connectivity index (χ0v) is 18.7. The third-order valence-electron chi connectivity index (χ3n) is 6.37. The van der Waals surface area contributed by atoms with Crippen molar-refractivity contribution in [3.8, 4) is 0 Å². The Bertz CT molecular complexity index is 972. The van der Waals surface area contributed by atoms with Crippen molar-refractivity contribution in [3.05, 3.63) is 65.7 Å². The van der Waals surface area contributed by atoms with Crippen LogP contribution in [-0.2, 0) is 14.8 Å². The monoisotopic (exact) mass is 429 g/mol. The Kier molecular flexibility index (Phi) is 6.68. The number of sulfonamides is 1. The molecule has 162 valence electrons. The van der Waals surface area contributed by atoms with Gasteiger partial charge in [-0.2, -0.15) is 4.31 Å². The zero-order chi connectivity index (χ0) is 21.9. The molecule has 0 aromatic heterocycles. The summed E-state index contributed by atoms with van der Waals surface area (Å²) in [5.74, 6) is -1.44. The Hall–Kier alpha value is -2.18. The maximum absolute atomic E-state index is 13.7. The summed E-state index contributed by atoms with van der Waals surface area (Å²) < 4.78 is 28.7. The van der Waals surface area contributed by atoms with Gasteiger partial charge < -0.3 is 5.11 Å². The van der Waals surface area contributed by atoms with Crippen molar-refractivity contribution in [1.82, 2.24) is 4.31 Å². The molecule has 6 heteroatoms. The molecule has 1 N–H and O–H groups in total. The van der Waals surface area contributed by atoms with Gasteiger partial charge in [0.2, 0.25) is 10.0 Å². The summed E-state index contributed by atoms with van der Waals surface area (Å²) in [6.45, 7) is 6.14. The van der Waals surface area contributed by atoms with Crippen LogP contribution in [0.1, 0.15) is 56.6 Å². The smallest absolute Gasteiger partial charge is 0.325 e. The number of piperidine rings is 1. The van der Waals surface area contributed by atoms with E-state index in [0.717, 1.165) is 17.5 Å². The van der Waals surface area contributed by atoms with Crippen LogP contribution in [0.4, 0.5) is 0 Å². The Morgan fingerprint density at radius 2 is 1.77 bits per heavy atom. The van der Waals surface area contributed by atoms with E-state index >= 15 is 0 Å². The number of benzene rings is 2. The molecule has 1 aliphatic rings. The molecule has 3 atom stereocenters. The summed E-state index contributed by atoms with van der Waals surface area (Å²) in [6.07, 6.45) is 2.34. The molecule has 1 aliphatic heterocycles. The Balaban J connectivity index is 2.22. The summed E-state index contributed by atoms with van der Waals surface area (Å²) >= 11 is 0. The lowest BCUT2D eigenvalue weighted by molar-refractivity contribution is -0.153. The summed E-state index contributed by atoms with van der Waals surface area (Å²) in [6, 6.07) is 16.2. The minimum atomic E-state index is -3.97. The van der Waals surface area contributed by atoms with E-state index in [4.69, 9.17) is 0 Å². The molecule has 0 amide bonds. The summed E-state index contributed by atoms with van der Waals surface area (Å²) in [5, 5.41) is 10.6. The molecule has 0 bridgehead atoms. The third-order valence-corrected chi connectivity index (χ3v) is 8.32. The van der Waals surface area contributed by atoms with Crippen LogP contribution in [0.2, 0.25) is 0 Å². The number of aryl methyl sites for hydroxylation is 1. The van der Waals surface area contributed by atoms with Gasteiger partial charge in [-0.1, -0.05) is 74.7 Å². The number of nitrogens with zero attached hydrogens (tertiary/aromatic N) is 1. The van der Waals surface area contributed by atoms with Crippen molar-refractivity contribution in [2.24, 2.45) is 5.92 Å². The lowest BCUT2D eigenvalue weighted by atomic mass is 9.66. The number of unbranched alkanes of at least 4 members (excludes halogenated alkanes) is 1. The van der Waals surface area contributed by atoms with E-state index in [9.17, 15) is 18.3 Å².